The predicted octanol–water partition coefficient (Wildman–Crippen LogP) is 1.34. The van der Waals surface area contributed by atoms with Crippen molar-refractivity contribution < 1.29 is 4.79 Å². The molecule has 1 heterocycles. The Morgan fingerprint density at radius 1 is 1.65 bits per heavy atom. The third-order valence-electron chi connectivity index (χ3n) is 3.49. The highest BCUT2D eigenvalue weighted by molar-refractivity contribution is 5.80. The molecule has 4 nitrogen and oxygen atoms in total. The van der Waals surface area contributed by atoms with Crippen LogP contribution in [0.5, 0.6) is 0 Å². The van der Waals surface area contributed by atoms with Crippen molar-refractivity contribution in [2.75, 3.05) is 33.7 Å². The number of hydrogen-bond acceptors (Lipinski definition) is 3. The summed E-state index contributed by atoms with van der Waals surface area (Å²) in [6.45, 7) is 4.88. The fourth-order valence-corrected chi connectivity index (χ4v) is 2.49. The topological polar surface area (TPSA) is 47.3 Å². The maximum Gasteiger partial charge on any atom is 0.239 e. The Bertz CT molecular complexity index is 298. The van der Waals surface area contributed by atoms with Crippen molar-refractivity contribution in [1.29, 1.82) is 5.26 Å². The molecule has 0 aromatic rings. The van der Waals surface area contributed by atoms with Gasteiger partial charge in [-0.25, -0.2) is 0 Å². The molecule has 2 unspecified atom stereocenters. The van der Waals surface area contributed by atoms with Gasteiger partial charge in [-0.15, -0.1) is 0 Å². The second-order valence-electron chi connectivity index (χ2n) is 5.08. The van der Waals surface area contributed by atoms with Crippen molar-refractivity contribution in [2.45, 2.75) is 26.2 Å². The Balaban J connectivity index is 2.45. The van der Waals surface area contributed by atoms with E-state index in [0.29, 0.717) is 12.3 Å². The molecule has 0 saturated carbocycles. The molecule has 96 valence electrons. The fourth-order valence-electron chi connectivity index (χ4n) is 2.49. The highest BCUT2D eigenvalue weighted by Gasteiger charge is 2.24. The summed E-state index contributed by atoms with van der Waals surface area (Å²) in [5.74, 6) is 0.0587. The second kappa shape index (κ2) is 6.61. The van der Waals surface area contributed by atoms with Gasteiger partial charge in [0, 0.05) is 20.1 Å². The van der Waals surface area contributed by atoms with Gasteiger partial charge in [0.15, 0.2) is 0 Å². The third-order valence-corrected chi connectivity index (χ3v) is 3.49. The molecule has 1 rings (SSSR count). The van der Waals surface area contributed by atoms with Crippen LogP contribution in [0.2, 0.25) is 0 Å². The number of piperidine rings is 1. The molecule has 0 spiro atoms. The molecule has 17 heavy (non-hydrogen) atoms. The number of rotatable bonds is 4. The lowest BCUT2D eigenvalue weighted by atomic mass is 9.97. The average Bonchev–Trinajstić information content (AvgIpc) is 2.30. The number of amides is 1. The Labute approximate surface area is 104 Å². The van der Waals surface area contributed by atoms with Gasteiger partial charge in [0.1, 0.15) is 5.92 Å². The molecule has 0 aromatic heterocycles. The number of nitriles is 1. The molecular formula is C13H23N3O. The van der Waals surface area contributed by atoms with Crippen LogP contribution in [-0.2, 0) is 4.79 Å². The smallest absolute Gasteiger partial charge is 0.239 e. The van der Waals surface area contributed by atoms with Crippen LogP contribution in [-0.4, -0.2) is 49.4 Å². The van der Waals surface area contributed by atoms with Gasteiger partial charge in [0.2, 0.25) is 5.91 Å². The van der Waals surface area contributed by atoms with Crippen LogP contribution in [0.1, 0.15) is 26.2 Å². The maximum absolute atomic E-state index is 12.0. The lowest BCUT2D eigenvalue weighted by Gasteiger charge is -2.32. The summed E-state index contributed by atoms with van der Waals surface area (Å²) in [5.41, 5.74) is 0. The van der Waals surface area contributed by atoms with E-state index in [9.17, 15) is 4.79 Å². The van der Waals surface area contributed by atoms with E-state index < -0.39 is 5.92 Å². The minimum atomic E-state index is -0.471. The number of likely N-dealkylation sites (tertiary alicyclic amines) is 1. The van der Waals surface area contributed by atoms with E-state index >= 15 is 0 Å². The summed E-state index contributed by atoms with van der Waals surface area (Å²) in [6, 6.07) is 2.08. The van der Waals surface area contributed by atoms with Crippen LogP contribution in [0.15, 0.2) is 0 Å². The van der Waals surface area contributed by atoms with Crippen molar-refractivity contribution in [3.8, 4) is 6.07 Å². The molecular weight excluding hydrogens is 214 g/mol. The monoisotopic (exact) mass is 237 g/mol. The molecule has 1 aliphatic heterocycles. The van der Waals surface area contributed by atoms with Gasteiger partial charge in [-0.05, 0) is 38.8 Å². The maximum atomic E-state index is 12.0. The molecule has 1 saturated heterocycles. The van der Waals surface area contributed by atoms with Crippen molar-refractivity contribution in [1.82, 2.24) is 9.80 Å². The van der Waals surface area contributed by atoms with E-state index in [2.05, 4.69) is 18.0 Å². The summed E-state index contributed by atoms with van der Waals surface area (Å²) in [4.78, 5) is 16.0. The summed E-state index contributed by atoms with van der Waals surface area (Å²) in [5, 5.41) is 8.89. The van der Waals surface area contributed by atoms with Gasteiger partial charge in [0.05, 0.1) is 6.07 Å². The van der Waals surface area contributed by atoms with Crippen molar-refractivity contribution in [2.24, 2.45) is 11.8 Å². The first-order chi connectivity index (χ1) is 8.08. The van der Waals surface area contributed by atoms with Crippen LogP contribution in [0.3, 0.4) is 0 Å². The van der Waals surface area contributed by atoms with Crippen LogP contribution < -0.4 is 0 Å². The summed E-state index contributed by atoms with van der Waals surface area (Å²) >= 11 is 0. The molecule has 0 aliphatic carbocycles. The standard InChI is InChI=1S/C13H23N3O/c1-4-12(8-14)13(17)16(3)10-11-6-5-7-15(2)9-11/h11-12H,4-7,9-10H2,1-3H3. The number of carbonyl (C=O) groups excluding carboxylic acids is 1. The third kappa shape index (κ3) is 4.01. The highest BCUT2D eigenvalue weighted by atomic mass is 16.2. The van der Waals surface area contributed by atoms with E-state index in [1.807, 2.05) is 14.0 Å². The Morgan fingerprint density at radius 3 is 2.88 bits per heavy atom. The van der Waals surface area contributed by atoms with Crippen molar-refractivity contribution in [3.05, 3.63) is 0 Å². The Kier molecular flexibility index (Phi) is 5.43. The van der Waals surface area contributed by atoms with Gasteiger partial charge in [-0.2, -0.15) is 5.26 Å². The molecule has 1 amide bonds. The van der Waals surface area contributed by atoms with Gasteiger partial charge < -0.3 is 9.80 Å². The van der Waals surface area contributed by atoms with Crippen LogP contribution in [0, 0.1) is 23.2 Å². The van der Waals surface area contributed by atoms with E-state index in [-0.39, 0.29) is 5.91 Å². The minimum absolute atomic E-state index is 0.0248. The first-order valence-corrected chi connectivity index (χ1v) is 6.41. The van der Waals surface area contributed by atoms with Crippen molar-refractivity contribution in [3.63, 3.8) is 0 Å². The lowest BCUT2D eigenvalue weighted by molar-refractivity contribution is -0.133. The SMILES string of the molecule is CCC(C#N)C(=O)N(C)CC1CCCN(C)C1. The lowest BCUT2D eigenvalue weighted by Crippen LogP contribution is -2.41. The van der Waals surface area contributed by atoms with Gasteiger partial charge in [-0.1, -0.05) is 6.92 Å². The van der Waals surface area contributed by atoms with E-state index in [1.54, 1.807) is 4.90 Å². The average molecular weight is 237 g/mol. The number of carbonyl (C=O) groups is 1. The summed E-state index contributed by atoms with van der Waals surface area (Å²) in [6.07, 6.45) is 2.99. The van der Waals surface area contributed by atoms with E-state index in [0.717, 1.165) is 19.6 Å². The Morgan fingerprint density at radius 2 is 2.35 bits per heavy atom. The molecule has 0 N–H and O–H groups in total. The number of nitrogens with zero attached hydrogens (tertiary/aromatic N) is 3. The summed E-state index contributed by atoms with van der Waals surface area (Å²) in [7, 11) is 3.94. The van der Waals surface area contributed by atoms with Crippen molar-refractivity contribution >= 4 is 5.91 Å². The van der Waals surface area contributed by atoms with Crippen LogP contribution >= 0.6 is 0 Å². The molecule has 1 aliphatic rings. The molecule has 0 bridgehead atoms. The molecule has 1 fully saturated rings. The van der Waals surface area contributed by atoms with Gasteiger partial charge in [0.25, 0.3) is 0 Å². The molecule has 0 radical (unpaired) electrons. The van der Waals surface area contributed by atoms with Crippen LogP contribution in [0.25, 0.3) is 0 Å². The highest BCUT2D eigenvalue weighted by Crippen LogP contribution is 2.17. The first kappa shape index (κ1) is 14.0. The minimum Gasteiger partial charge on any atom is -0.344 e. The zero-order valence-corrected chi connectivity index (χ0v) is 11.1. The molecule has 4 heteroatoms. The van der Waals surface area contributed by atoms with Gasteiger partial charge >= 0.3 is 0 Å². The quantitative estimate of drug-likeness (QED) is 0.741. The zero-order valence-electron chi connectivity index (χ0n) is 11.1. The predicted molar refractivity (Wildman–Crippen MR) is 67.3 cm³/mol. The zero-order chi connectivity index (χ0) is 12.8. The number of hydrogen-bond donors (Lipinski definition) is 0. The molecule has 0 aromatic carbocycles. The first-order valence-electron chi connectivity index (χ1n) is 6.41. The van der Waals surface area contributed by atoms with E-state index in [1.165, 1.54) is 12.8 Å². The largest absolute Gasteiger partial charge is 0.344 e. The van der Waals surface area contributed by atoms with E-state index in [4.69, 9.17) is 5.26 Å². The second-order valence-corrected chi connectivity index (χ2v) is 5.08. The normalized spacial score (nSPS) is 22.8. The molecule has 2 atom stereocenters. The fraction of sp³-hybridized carbons (Fsp3) is 0.846. The van der Waals surface area contributed by atoms with Crippen LogP contribution in [0.4, 0.5) is 0 Å². The summed E-state index contributed by atoms with van der Waals surface area (Å²) < 4.78 is 0. The Hall–Kier alpha value is -1.08. The van der Waals surface area contributed by atoms with Gasteiger partial charge in [-0.3, -0.25) is 4.79 Å².